The van der Waals surface area contributed by atoms with Gasteiger partial charge in [0.05, 0.1) is 0 Å². The van der Waals surface area contributed by atoms with Crippen molar-refractivity contribution in [3.63, 3.8) is 0 Å². The van der Waals surface area contributed by atoms with Gasteiger partial charge in [-0.1, -0.05) is 13.8 Å². The number of hydrogen-bond acceptors (Lipinski definition) is 4. The molecule has 1 unspecified atom stereocenters. The molecule has 2 aliphatic rings. The number of carbonyl (C=O) groups excluding carboxylic acids is 1. The molecule has 2 saturated heterocycles. The van der Waals surface area contributed by atoms with Crippen LogP contribution in [0.1, 0.15) is 33.1 Å². The van der Waals surface area contributed by atoms with Crippen molar-refractivity contribution in [2.45, 2.75) is 39.2 Å². The molecule has 122 valence electrons. The zero-order valence-electron chi connectivity index (χ0n) is 13.8. The number of amides is 1. The Kier molecular flexibility index (Phi) is 6.45. The van der Waals surface area contributed by atoms with E-state index in [0.717, 1.165) is 58.0 Å². The molecule has 5 heteroatoms. The molecule has 0 aromatic heterocycles. The van der Waals surface area contributed by atoms with Crippen LogP contribution in [0.2, 0.25) is 0 Å². The minimum atomic E-state index is 0.222. The smallest absolute Gasteiger partial charge is 0.224 e. The molecule has 0 spiro atoms. The molecule has 0 saturated carbocycles. The lowest BCUT2D eigenvalue weighted by Gasteiger charge is -2.39. The molecule has 2 N–H and O–H groups in total. The van der Waals surface area contributed by atoms with Crippen molar-refractivity contribution >= 4 is 5.91 Å². The highest BCUT2D eigenvalue weighted by Crippen LogP contribution is 2.14. The summed E-state index contributed by atoms with van der Waals surface area (Å²) in [5.41, 5.74) is 5.94. The number of nitrogens with zero attached hydrogens (tertiary/aromatic N) is 3. The van der Waals surface area contributed by atoms with Gasteiger partial charge in [-0.05, 0) is 18.8 Å². The maximum atomic E-state index is 12.3. The number of piperazine rings is 1. The summed E-state index contributed by atoms with van der Waals surface area (Å²) in [6.07, 6.45) is 2.92. The zero-order chi connectivity index (χ0) is 15.2. The first-order chi connectivity index (χ1) is 10.1. The van der Waals surface area contributed by atoms with E-state index in [4.69, 9.17) is 5.73 Å². The lowest BCUT2D eigenvalue weighted by Crippen LogP contribution is -2.54. The van der Waals surface area contributed by atoms with Crippen LogP contribution < -0.4 is 5.73 Å². The highest BCUT2D eigenvalue weighted by molar-refractivity contribution is 5.77. The fraction of sp³-hybridized carbons (Fsp3) is 0.938. The largest absolute Gasteiger partial charge is 0.343 e. The molecule has 0 aromatic rings. The second-order valence-corrected chi connectivity index (χ2v) is 6.91. The van der Waals surface area contributed by atoms with Crippen LogP contribution in [0.4, 0.5) is 0 Å². The molecule has 1 amide bonds. The summed E-state index contributed by atoms with van der Waals surface area (Å²) in [6, 6.07) is 0.222. The lowest BCUT2D eigenvalue weighted by molar-refractivity contribution is -0.131. The zero-order valence-corrected chi connectivity index (χ0v) is 13.8. The van der Waals surface area contributed by atoms with Crippen molar-refractivity contribution in [1.82, 2.24) is 14.7 Å². The number of carbonyl (C=O) groups is 1. The van der Waals surface area contributed by atoms with Gasteiger partial charge in [-0.25, -0.2) is 0 Å². The van der Waals surface area contributed by atoms with Gasteiger partial charge in [-0.2, -0.15) is 0 Å². The van der Waals surface area contributed by atoms with Gasteiger partial charge < -0.3 is 15.5 Å². The molecule has 21 heavy (non-hydrogen) atoms. The molecule has 0 radical (unpaired) electrons. The molecule has 0 aliphatic carbocycles. The van der Waals surface area contributed by atoms with E-state index in [-0.39, 0.29) is 6.04 Å². The average molecular weight is 296 g/mol. The Bertz CT molecular complexity index is 320. The second-order valence-electron chi connectivity index (χ2n) is 6.91. The minimum absolute atomic E-state index is 0.222. The van der Waals surface area contributed by atoms with Crippen LogP contribution in [0.3, 0.4) is 0 Å². The Morgan fingerprint density at radius 1 is 1.05 bits per heavy atom. The van der Waals surface area contributed by atoms with Crippen molar-refractivity contribution in [1.29, 1.82) is 0 Å². The first kappa shape index (κ1) is 16.7. The van der Waals surface area contributed by atoms with E-state index in [1.54, 1.807) is 0 Å². The Morgan fingerprint density at radius 2 is 1.67 bits per heavy atom. The average Bonchev–Trinajstić information content (AvgIpc) is 2.99. The van der Waals surface area contributed by atoms with Crippen molar-refractivity contribution in [3.05, 3.63) is 0 Å². The van der Waals surface area contributed by atoms with Crippen molar-refractivity contribution in [3.8, 4) is 0 Å². The van der Waals surface area contributed by atoms with Crippen LogP contribution in [0, 0.1) is 5.92 Å². The minimum Gasteiger partial charge on any atom is -0.343 e. The van der Waals surface area contributed by atoms with E-state index in [1.807, 2.05) is 4.90 Å². The van der Waals surface area contributed by atoms with Crippen LogP contribution in [-0.4, -0.2) is 79.0 Å². The van der Waals surface area contributed by atoms with Crippen LogP contribution in [0.25, 0.3) is 0 Å². The van der Waals surface area contributed by atoms with Gasteiger partial charge in [-0.3, -0.25) is 9.69 Å². The maximum absolute atomic E-state index is 12.3. The normalized spacial score (nSPS) is 23.0. The fourth-order valence-electron chi connectivity index (χ4n) is 3.49. The maximum Gasteiger partial charge on any atom is 0.224 e. The van der Waals surface area contributed by atoms with Gasteiger partial charge in [0.25, 0.3) is 0 Å². The highest BCUT2D eigenvalue weighted by Gasteiger charge is 2.27. The lowest BCUT2D eigenvalue weighted by atomic mass is 10.1. The molecular weight excluding hydrogens is 264 g/mol. The van der Waals surface area contributed by atoms with Gasteiger partial charge in [-0.15, -0.1) is 0 Å². The summed E-state index contributed by atoms with van der Waals surface area (Å²) < 4.78 is 0. The number of rotatable bonds is 6. The predicted molar refractivity (Wildman–Crippen MR) is 86.1 cm³/mol. The summed E-state index contributed by atoms with van der Waals surface area (Å²) in [7, 11) is 0. The van der Waals surface area contributed by atoms with Gasteiger partial charge in [0.1, 0.15) is 0 Å². The van der Waals surface area contributed by atoms with Crippen LogP contribution in [0.15, 0.2) is 0 Å². The number of nitrogens with two attached hydrogens (primary N) is 1. The summed E-state index contributed by atoms with van der Waals surface area (Å²) in [6.45, 7) is 12.5. The van der Waals surface area contributed by atoms with Crippen molar-refractivity contribution in [2.24, 2.45) is 11.7 Å². The molecule has 5 nitrogen and oxygen atoms in total. The monoisotopic (exact) mass is 296 g/mol. The van der Waals surface area contributed by atoms with E-state index >= 15 is 0 Å². The van der Waals surface area contributed by atoms with E-state index in [1.165, 1.54) is 6.54 Å². The van der Waals surface area contributed by atoms with Crippen molar-refractivity contribution in [2.75, 3.05) is 52.4 Å². The molecule has 2 fully saturated rings. The third-order valence-electron chi connectivity index (χ3n) is 4.69. The molecule has 2 heterocycles. The summed E-state index contributed by atoms with van der Waals surface area (Å²) in [5, 5.41) is 0. The molecule has 2 aliphatic heterocycles. The summed E-state index contributed by atoms with van der Waals surface area (Å²) in [4.78, 5) is 19.3. The van der Waals surface area contributed by atoms with Crippen LogP contribution >= 0.6 is 0 Å². The number of likely N-dealkylation sites (tertiary alicyclic amines) is 1. The topological polar surface area (TPSA) is 52.8 Å². The highest BCUT2D eigenvalue weighted by atomic mass is 16.2. The Balaban J connectivity index is 1.77. The third-order valence-corrected chi connectivity index (χ3v) is 4.69. The predicted octanol–water partition coefficient (Wildman–Crippen LogP) is 0.600. The molecule has 0 aromatic carbocycles. The Labute approximate surface area is 129 Å². The molecule has 1 atom stereocenters. The SMILES string of the molecule is CC(C)CN1CCN(C(CN)CC(=O)N2CCCC2)CC1. The van der Waals surface area contributed by atoms with Gasteiger partial charge in [0, 0.05) is 64.8 Å². The summed E-state index contributed by atoms with van der Waals surface area (Å²) >= 11 is 0. The molecular formula is C16H32N4O. The van der Waals surface area contributed by atoms with Gasteiger partial charge in [0.2, 0.25) is 5.91 Å². The Hall–Kier alpha value is -0.650. The third kappa shape index (κ3) is 4.94. The number of hydrogen-bond donors (Lipinski definition) is 1. The van der Waals surface area contributed by atoms with E-state index < -0.39 is 0 Å². The van der Waals surface area contributed by atoms with E-state index in [9.17, 15) is 4.79 Å². The van der Waals surface area contributed by atoms with E-state index in [2.05, 4.69) is 23.6 Å². The quantitative estimate of drug-likeness (QED) is 0.780. The summed E-state index contributed by atoms with van der Waals surface area (Å²) in [5.74, 6) is 1.02. The van der Waals surface area contributed by atoms with Gasteiger partial charge >= 0.3 is 0 Å². The standard InChI is InChI=1S/C16H32N4O/c1-14(2)13-18-7-9-19(10-8-18)15(12-17)11-16(21)20-5-3-4-6-20/h14-15H,3-13,17H2,1-2H3. The van der Waals surface area contributed by atoms with Crippen LogP contribution in [0.5, 0.6) is 0 Å². The first-order valence-electron chi connectivity index (χ1n) is 8.54. The second kappa shape index (κ2) is 8.11. The van der Waals surface area contributed by atoms with E-state index in [0.29, 0.717) is 18.9 Å². The van der Waals surface area contributed by atoms with Crippen LogP contribution in [-0.2, 0) is 4.79 Å². The first-order valence-corrected chi connectivity index (χ1v) is 8.54. The fourth-order valence-corrected chi connectivity index (χ4v) is 3.49. The Morgan fingerprint density at radius 3 is 2.19 bits per heavy atom. The molecule has 0 bridgehead atoms. The molecule has 2 rings (SSSR count). The van der Waals surface area contributed by atoms with Crippen molar-refractivity contribution < 1.29 is 4.79 Å². The van der Waals surface area contributed by atoms with Gasteiger partial charge in [0.15, 0.2) is 0 Å².